The van der Waals surface area contributed by atoms with E-state index >= 15 is 0 Å². The summed E-state index contributed by atoms with van der Waals surface area (Å²) in [5, 5.41) is 9.83. The Morgan fingerprint density at radius 1 is 1.10 bits per heavy atom. The standard InChI is InChI=1S/C25H26ClF5N4O5S/c26-17-11-15(34-9-7-24(27,28)8-10-34)1-2-18(17)41(38,39)16-12-19(40-21(37)33-22(14-32)3-4-22)35(13-16)20(36)23(5-6-23)25(29,30)31/h1-2,11,16,19H,3-10,12-13H2,(H,33,37)/t16-,19+/m1/s1. The second kappa shape index (κ2) is 9.86. The quantitative estimate of drug-likeness (QED) is 0.466. The number of carbonyl (C=O) groups is 2. The molecule has 9 nitrogen and oxygen atoms in total. The van der Waals surface area contributed by atoms with Gasteiger partial charge in [-0.15, -0.1) is 0 Å². The molecule has 2 heterocycles. The number of alkyl halides is 5. The van der Waals surface area contributed by atoms with Gasteiger partial charge in [0.2, 0.25) is 5.91 Å². The Labute approximate surface area is 237 Å². The highest BCUT2D eigenvalue weighted by Gasteiger charge is 2.70. The fourth-order valence-electron chi connectivity index (χ4n) is 5.26. The molecule has 2 amide bonds. The van der Waals surface area contributed by atoms with Gasteiger partial charge in [-0.2, -0.15) is 18.4 Å². The van der Waals surface area contributed by atoms with E-state index in [1.165, 1.54) is 18.2 Å². The van der Waals surface area contributed by atoms with Crippen LogP contribution in [0.2, 0.25) is 5.02 Å². The largest absolute Gasteiger partial charge is 0.425 e. The Kier molecular flexibility index (Phi) is 7.12. The van der Waals surface area contributed by atoms with E-state index in [1.807, 2.05) is 6.07 Å². The zero-order chi connectivity index (χ0) is 30.0. The molecular weight excluding hydrogens is 599 g/mol. The molecule has 0 unspecified atom stereocenters. The number of sulfone groups is 1. The Bertz CT molecular complexity index is 1400. The van der Waals surface area contributed by atoms with Crippen LogP contribution in [-0.4, -0.2) is 74.1 Å². The lowest BCUT2D eigenvalue weighted by molar-refractivity contribution is -0.201. The van der Waals surface area contributed by atoms with Gasteiger partial charge in [0.05, 0.1) is 21.2 Å². The van der Waals surface area contributed by atoms with Crippen LogP contribution < -0.4 is 10.2 Å². The molecule has 0 spiro atoms. The Morgan fingerprint density at radius 3 is 2.24 bits per heavy atom. The van der Waals surface area contributed by atoms with Crippen molar-refractivity contribution in [3.63, 3.8) is 0 Å². The van der Waals surface area contributed by atoms with Crippen molar-refractivity contribution in [1.29, 1.82) is 5.26 Å². The number of hydrogen-bond donors (Lipinski definition) is 1. The van der Waals surface area contributed by atoms with Crippen molar-refractivity contribution in [1.82, 2.24) is 10.2 Å². The monoisotopic (exact) mass is 624 g/mol. The average molecular weight is 625 g/mol. The molecule has 224 valence electrons. The molecule has 2 atom stereocenters. The first-order valence-electron chi connectivity index (χ1n) is 13.0. The molecule has 1 aromatic rings. The second-order valence-electron chi connectivity index (χ2n) is 11.1. The summed E-state index contributed by atoms with van der Waals surface area (Å²) in [6.07, 6.45) is -9.21. The molecule has 0 bridgehead atoms. The van der Waals surface area contributed by atoms with Gasteiger partial charge in [-0.25, -0.2) is 22.0 Å². The fourth-order valence-corrected chi connectivity index (χ4v) is 7.48. The molecule has 41 heavy (non-hydrogen) atoms. The number of carbonyl (C=O) groups excluding carboxylic acids is 2. The average Bonchev–Trinajstić information content (AvgIpc) is 3.80. The number of alkyl carbamates (subject to hydrolysis) is 1. The summed E-state index contributed by atoms with van der Waals surface area (Å²) >= 11 is 6.32. The van der Waals surface area contributed by atoms with Crippen molar-refractivity contribution in [3.8, 4) is 6.07 Å². The van der Waals surface area contributed by atoms with Crippen LogP contribution in [0.4, 0.5) is 32.4 Å². The SMILES string of the molecule is N#CC1(NC(=O)O[C@H]2C[C@@H](S(=O)(=O)c3ccc(N4CCC(F)(F)CC4)cc3Cl)CN2C(=O)C2(C(F)(F)F)CC2)CC1. The van der Waals surface area contributed by atoms with Crippen molar-refractivity contribution < 1.29 is 44.7 Å². The third-order valence-electron chi connectivity index (χ3n) is 8.24. The third kappa shape index (κ3) is 5.52. The molecule has 1 aromatic carbocycles. The summed E-state index contributed by atoms with van der Waals surface area (Å²) in [5.41, 5.74) is -3.42. The van der Waals surface area contributed by atoms with Crippen molar-refractivity contribution in [2.75, 3.05) is 24.5 Å². The van der Waals surface area contributed by atoms with E-state index in [9.17, 15) is 45.2 Å². The third-order valence-corrected chi connectivity index (χ3v) is 10.9. The summed E-state index contributed by atoms with van der Waals surface area (Å²) in [6.45, 7) is -0.617. The van der Waals surface area contributed by atoms with Crippen LogP contribution in [0.25, 0.3) is 0 Å². The van der Waals surface area contributed by atoms with Crippen LogP contribution in [-0.2, 0) is 19.4 Å². The number of rotatable bonds is 6. The number of likely N-dealkylation sites (tertiary alicyclic amines) is 1. The zero-order valence-electron chi connectivity index (χ0n) is 21.5. The number of piperidine rings is 1. The normalized spacial score (nSPS) is 26.2. The number of ether oxygens (including phenoxy) is 1. The van der Waals surface area contributed by atoms with Gasteiger partial charge in [-0.1, -0.05) is 11.6 Å². The molecule has 2 saturated heterocycles. The van der Waals surface area contributed by atoms with E-state index in [0.29, 0.717) is 23.4 Å². The lowest BCUT2D eigenvalue weighted by atomic mass is 10.1. The highest BCUT2D eigenvalue weighted by atomic mass is 35.5. The van der Waals surface area contributed by atoms with Crippen LogP contribution in [0.3, 0.4) is 0 Å². The summed E-state index contributed by atoms with van der Waals surface area (Å²) in [4.78, 5) is 27.5. The van der Waals surface area contributed by atoms with Gasteiger partial charge in [0.1, 0.15) is 11.0 Å². The maximum Gasteiger partial charge on any atom is 0.410 e. The molecule has 4 fully saturated rings. The highest BCUT2D eigenvalue weighted by Crippen LogP contribution is 2.59. The predicted octanol–water partition coefficient (Wildman–Crippen LogP) is 4.40. The second-order valence-corrected chi connectivity index (χ2v) is 13.7. The molecule has 1 N–H and O–H groups in total. The lowest BCUT2D eigenvalue weighted by Gasteiger charge is -2.33. The van der Waals surface area contributed by atoms with E-state index in [2.05, 4.69) is 5.32 Å². The van der Waals surface area contributed by atoms with Gasteiger partial charge in [-0.05, 0) is 43.9 Å². The molecule has 4 aliphatic rings. The topological polar surface area (TPSA) is 120 Å². The molecule has 5 rings (SSSR count). The van der Waals surface area contributed by atoms with Gasteiger partial charge >= 0.3 is 12.3 Å². The maximum atomic E-state index is 13.8. The Morgan fingerprint density at radius 2 is 1.73 bits per heavy atom. The first-order valence-corrected chi connectivity index (χ1v) is 14.9. The smallest absolute Gasteiger partial charge is 0.410 e. The number of benzene rings is 1. The summed E-state index contributed by atoms with van der Waals surface area (Å²) in [6, 6.07) is 5.81. The van der Waals surface area contributed by atoms with Crippen LogP contribution in [0.1, 0.15) is 44.9 Å². The van der Waals surface area contributed by atoms with Gasteiger partial charge in [0.15, 0.2) is 16.1 Å². The molecule has 2 saturated carbocycles. The van der Waals surface area contributed by atoms with E-state index in [1.54, 1.807) is 4.90 Å². The number of nitrogens with zero attached hydrogens (tertiary/aromatic N) is 3. The van der Waals surface area contributed by atoms with E-state index < -0.39 is 82.2 Å². The van der Waals surface area contributed by atoms with Crippen molar-refractivity contribution >= 4 is 39.1 Å². The Balaban J connectivity index is 1.37. The van der Waals surface area contributed by atoms with Gasteiger partial charge in [0, 0.05) is 44.6 Å². The number of amides is 2. The summed E-state index contributed by atoms with van der Waals surface area (Å²) in [7, 11) is -4.37. The minimum atomic E-state index is -4.88. The number of anilines is 1. The first-order chi connectivity index (χ1) is 19.0. The van der Waals surface area contributed by atoms with Crippen LogP contribution in [0, 0.1) is 16.7 Å². The minimum absolute atomic E-state index is 0.0320. The van der Waals surface area contributed by atoms with Crippen LogP contribution >= 0.6 is 11.6 Å². The van der Waals surface area contributed by atoms with Gasteiger partial charge in [0.25, 0.3) is 5.92 Å². The van der Waals surface area contributed by atoms with Crippen molar-refractivity contribution in [2.45, 2.75) is 79.0 Å². The predicted molar refractivity (Wildman–Crippen MR) is 134 cm³/mol. The van der Waals surface area contributed by atoms with Gasteiger partial charge in [-0.3, -0.25) is 4.79 Å². The molecule has 0 radical (unpaired) electrons. The molecule has 2 aliphatic heterocycles. The molecule has 16 heteroatoms. The van der Waals surface area contributed by atoms with E-state index in [-0.39, 0.29) is 35.8 Å². The summed E-state index contributed by atoms with van der Waals surface area (Å²) < 4.78 is 101. The first kappa shape index (κ1) is 29.6. The van der Waals surface area contributed by atoms with Crippen LogP contribution in [0.5, 0.6) is 0 Å². The van der Waals surface area contributed by atoms with Crippen molar-refractivity contribution in [2.24, 2.45) is 5.41 Å². The molecule has 0 aromatic heterocycles. The van der Waals surface area contributed by atoms with E-state index in [4.69, 9.17) is 16.3 Å². The minimum Gasteiger partial charge on any atom is -0.425 e. The van der Waals surface area contributed by atoms with Crippen LogP contribution in [0.15, 0.2) is 23.1 Å². The Hall–Kier alpha value is -2.86. The fraction of sp³-hybridized carbons (Fsp3) is 0.640. The van der Waals surface area contributed by atoms with Gasteiger partial charge < -0.3 is 19.9 Å². The molecular formula is C25H26ClF5N4O5S. The molecule has 2 aliphatic carbocycles. The zero-order valence-corrected chi connectivity index (χ0v) is 23.1. The lowest BCUT2D eigenvalue weighted by Crippen LogP contribution is -2.49. The van der Waals surface area contributed by atoms with Crippen molar-refractivity contribution in [3.05, 3.63) is 23.2 Å². The summed E-state index contributed by atoms with van der Waals surface area (Å²) in [5.74, 6) is -4.17. The number of hydrogen-bond acceptors (Lipinski definition) is 7. The van der Waals surface area contributed by atoms with E-state index in [0.717, 1.165) is 0 Å². The number of halogens is 6. The maximum absolute atomic E-state index is 13.8. The highest BCUT2D eigenvalue weighted by molar-refractivity contribution is 7.92. The number of nitriles is 1. The number of nitrogens with one attached hydrogen (secondary N) is 1.